The van der Waals surface area contributed by atoms with E-state index < -0.39 is 24.1 Å². The fraction of sp³-hybridized carbons (Fsp3) is 0.800. The van der Waals surface area contributed by atoms with Gasteiger partial charge in [0.1, 0.15) is 14.0 Å². The van der Waals surface area contributed by atoms with Crippen LogP contribution in [0.1, 0.15) is 0 Å². The van der Waals surface area contributed by atoms with Gasteiger partial charge >= 0.3 is 0 Å². The Balaban J connectivity index is 2.62. The highest BCUT2D eigenvalue weighted by Gasteiger charge is 2.40. The molecule has 3 atom stereocenters. The van der Waals surface area contributed by atoms with E-state index in [0.29, 0.717) is 4.43 Å². The molecule has 10 heavy (non-hydrogen) atoms. The van der Waals surface area contributed by atoms with Gasteiger partial charge in [-0.25, -0.2) is 4.39 Å². The van der Waals surface area contributed by atoms with Crippen LogP contribution in [-0.2, 0) is 9.53 Å². The predicted octanol–water partition coefficient (Wildman–Crippen LogP) is -0.313. The lowest BCUT2D eigenvalue weighted by Crippen LogP contribution is -2.23. The summed E-state index contributed by atoms with van der Waals surface area (Å²) in [5.74, 6) is -0.401. The van der Waals surface area contributed by atoms with Crippen LogP contribution in [0.2, 0.25) is 0 Å². The number of halogens is 2. The molecule has 5 heteroatoms. The smallest absolute Gasteiger partial charge is 0.198 e. The topological polar surface area (TPSA) is 26.3 Å². The van der Waals surface area contributed by atoms with Gasteiger partial charge in [0.2, 0.25) is 0 Å². The molecule has 0 aromatic carbocycles. The first-order valence-electron chi connectivity index (χ1n) is 3.06. The van der Waals surface area contributed by atoms with Crippen molar-refractivity contribution in [3.63, 3.8) is 0 Å². The molecule has 1 rings (SSSR count). The Bertz CT molecular complexity index is 155. The zero-order valence-electron chi connectivity index (χ0n) is 5.51. The third-order valence-corrected chi connectivity index (χ3v) is 2.32. The molecular formula is C5H7BFIO2. The quantitative estimate of drug-likeness (QED) is 0.365. The van der Waals surface area contributed by atoms with E-state index in [2.05, 4.69) is 0 Å². The second-order valence-corrected chi connectivity index (χ2v) is 3.17. The lowest BCUT2D eigenvalue weighted by molar-refractivity contribution is -0.124. The van der Waals surface area contributed by atoms with E-state index in [4.69, 9.17) is 4.74 Å². The van der Waals surface area contributed by atoms with Crippen LogP contribution in [0, 0.1) is 0 Å². The molecular weight excluding hydrogens is 249 g/mol. The molecule has 0 aromatic rings. The summed E-state index contributed by atoms with van der Waals surface area (Å²) in [6.45, 7) is 0. The number of ether oxygens (including phenoxy) is 1. The first kappa shape index (κ1) is 8.45. The highest BCUT2D eigenvalue weighted by Crippen LogP contribution is 2.18. The molecule has 0 N–H and O–H groups in total. The van der Waals surface area contributed by atoms with Crippen LogP contribution in [0.25, 0.3) is 0 Å². The van der Waals surface area contributed by atoms with Crippen LogP contribution in [0.15, 0.2) is 0 Å². The van der Waals surface area contributed by atoms with Crippen LogP contribution >= 0.6 is 22.6 Å². The van der Waals surface area contributed by atoms with Gasteiger partial charge in [-0.1, -0.05) is 22.6 Å². The number of rotatable bonds is 1. The fourth-order valence-corrected chi connectivity index (χ4v) is 1.56. The molecule has 1 aliphatic heterocycles. The van der Waals surface area contributed by atoms with Crippen LogP contribution in [0.4, 0.5) is 4.39 Å². The standard InChI is InChI=1S/C5H7BFIO2/c6-5-3(7)4(9)2(1-8)10-5/h2-3,5H,1,6H2/t2-,3?,5-/m1/s1. The number of alkyl halides is 2. The van der Waals surface area contributed by atoms with Crippen LogP contribution in [-0.4, -0.2) is 36.3 Å². The van der Waals surface area contributed by atoms with Gasteiger partial charge in [0, 0.05) is 4.43 Å². The lowest BCUT2D eigenvalue weighted by atomic mass is 9.95. The number of Topliss-reactive ketones (excluding diaryl/α,β-unsaturated/α-hetero) is 1. The first-order valence-corrected chi connectivity index (χ1v) is 4.58. The number of carbonyl (C=O) groups excluding carboxylic acids is 1. The Morgan fingerprint density at radius 3 is 2.60 bits per heavy atom. The third kappa shape index (κ3) is 1.34. The van der Waals surface area contributed by atoms with Crippen molar-refractivity contribution in [2.45, 2.75) is 18.3 Å². The summed E-state index contributed by atoms with van der Waals surface area (Å²) in [5, 5.41) is 0. The Hall–Kier alpha value is 0.355. The minimum Gasteiger partial charge on any atom is -0.372 e. The van der Waals surface area contributed by atoms with E-state index in [1.807, 2.05) is 22.6 Å². The van der Waals surface area contributed by atoms with E-state index in [0.717, 1.165) is 0 Å². The Labute approximate surface area is 73.0 Å². The van der Waals surface area contributed by atoms with Crippen molar-refractivity contribution >= 4 is 36.2 Å². The van der Waals surface area contributed by atoms with Gasteiger partial charge in [0.15, 0.2) is 12.0 Å². The molecule has 0 radical (unpaired) electrons. The predicted molar refractivity (Wildman–Crippen MR) is 46.0 cm³/mol. The Morgan fingerprint density at radius 2 is 2.40 bits per heavy atom. The van der Waals surface area contributed by atoms with Crippen molar-refractivity contribution < 1.29 is 13.9 Å². The second kappa shape index (κ2) is 3.17. The molecule has 0 saturated carbocycles. The molecule has 1 fully saturated rings. The van der Waals surface area contributed by atoms with Crippen molar-refractivity contribution in [1.82, 2.24) is 0 Å². The van der Waals surface area contributed by atoms with E-state index in [1.54, 1.807) is 7.85 Å². The van der Waals surface area contributed by atoms with Crippen LogP contribution in [0.3, 0.4) is 0 Å². The van der Waals surface area contributed by atoms with Crippen molar-refractivity contribution in [3.8, 4) is 0 Å². The molecule has 56 valence electrons. The molecule has 0 amide bonds. The summed E-state index contributed by atoms with van der Waals surface area (Å²) in [4.78, 5) is 10.8. The summed E-state index contributed by atoms with van der Waals surface area (Å²) >= 11 is 2.01. The van der Waals surface area contributed by atoms with Gasteiger partial charge in [0.05, 0.1) is 6.00 Å². The summed E-state index contributed by atoms with van der Waals surface area (Å²) in [6.07, 6.45) is -1.91. The zero-order valence-corrected chi connectivity index (χ0v) is 7.67. The van der Waals surface area contributed by atoms with E-state index >= 15 is 0 Å². The Kier molecular flexibility index (Phi) is 2.68. The van der Waals surface area contributed by atoms with Gasteiger partial charge in [0.25, 0.3) is 0 Å². The van der Waals surface area contributed by atoms with Crippen molar-refractivity contribution in [2.75, 3.05) is 4.43 Å². The fourth-order valence-electron chi connectivity index (χ4n) is 0.916. The molecule has 2 nitrogen and oxygen atoms in total. The number of carbonyl (C=O) groups is 1. The maximum Gasteiger partial charge on any atom is 0.198 e. The second-order valence-electron chi connectivity index (χ2n) is 2.29. The zero-order chi connectivity index (χ0) is 7.72. The molecule has 0 aliphatic carbocycles. The summed E-state index contributed by atoms with van der Waals surface area (Å²) < 4.78 is 18.2. The minimum absolute atomic E-state index is 0.401. The normalized spacial score (nSPS) is 40.6. The van der Waals surface area contributed by atoms with Gasteiger partial charge < -0.3 is 4.74 Å². The molecule has 0 spiro atoms. The van der Waals surface area contributed by atoms with Gasteiger partial charge in [-0.05, 0) is 0 Å². The van der Waals surface area contributed by atoms with E-state index in [-0.39, 0.29) is 0 Å². The third-order valence-electron chi connectivity index (χ3n) is 1.52. The van der Waals surface area contributed by atoms with E-state index in [1.165, 1.54) is 0 Å². The maximum atomic E-state index is 12.7. The molecule has 1 unspecified atom stereocenters. The lowest BCUT2D eigenvalue weighted by Gasteiger charge is -2.03. The largest absolute Gasteiger partial charge is 0.372 e. The molecule has 0 bridgehead atoms. The number of hydrogen-bond acceptors (Lipinski definition) is 2. The number of ketones is 1. The summed E-state index contributed by atoms with van der Waals surface area (Å²) in [5.41, 5.74) is 0. The first-order chi connectivity index (χ1) is 4.66. The molecule has 1 heterocycles. The highest BCUT2D eigenvalue weighted by atomic mass is 127. The number of hydrogen-bond donors (Lipinski definition) is 0. The average Bonchev–Trinajstić information content (AvgIpc) is 2.17. The average molecular weight is 256 g/mol. The van der Waals surface area contributed by atoms with Crippen molar-refractivity contribution in [3.05, 3.63) is 0 Å². The monoisotopic (exact) mass is 256 g/mol. The Morgan fingerprint density at radius 1 is 1.80 bits per heavy atom. The summed E-state index contributed by atoms with van der Waals surface area (Å²) in [7, 11) is 1.58. The van der Waals surface area contributed by atoms with Gasteiger partial charge in [-0.15, -0.1) is 0 Å². The highest BCUT2D eigenvalue weighted by molar-refractivity contribution is 14.1. The van der Waals surface area contributed by atoms with E-state index in [9.17, 15) is 9.18 Å². The van der Waals surface area contributed by atoms with Crippen molar-refractivity contribution in [2.24, 2.45) is 0 Å². The molecule has 1 saturated heterocycles. The van der Waals surface area contributed by atoms with Crippen molar-refractivity contribution in [1.29, 1.82) is 0 Å². The minimum atomic E-state index is -1.40. The van der Waals surface area contributed by atoms with Crippen LogP contribution < -0.4 is 0 Å². The molecule has 0 aromatic heterocycles. The van der Waals surface area contributed by atoms with Gasteiger partial charge in [-0.2, -0.15) is 0 Å². The molecule has 1 aliphatic rings. The summed E-state index contributed by atoms with van der Waals surface area (Å²) in [6, 6.07) is -0.549. The maximum absolute atomic E-state index is 12.7. The van der Waals surface area contributed by atoms with Gasteiger partial charge in [-0.3, -0.25) is 4.79 Å². The van der Waals surface area contributed by atoms with Crippen LogP contribution in [0.5, 0.6) is 0 Å². The SMILES string of the molecule is B[C@@H]1O[C@H](CI)C(=O)C1F.